The van der Waals surface area contributed by atoms with Crippen molar-refractivity contribution < 1.29 is 4.79 Å². The van der Waals surface area contributed by atoms with Gasteiger partial charge in [0.05, 0.1) is 5.16 Å². The minimum atomic E-state index is -0.579. The number of likely N-dealkylation sites (N-methyl/N-ethyl adjacent to an activating group) is 1. The maximum atomic E-state index is 13.2. The lowest BCUT2D eigenvalue weighted by Gasteiger charge is -2.43. The topological polar surface area (TPSA) is 35.9 Å². The predicted molar refractivity (Wildman–Crippen MR) is 104 cm³/mol. The number of hydrogen-bond donors (Lipinski definition) is 0. The Balaban J connectivity index is 1.79. The first kappa shape index (κ1) is 18.2. The number of aliphatic imine (C=N–C) groups is 1. The molecule has 4 nitrogen and oxygen atoms in total. The van der Waals surface area contributed by atoms with Gasteiger partial charge in [0.1, 0.15) is 0 Å². The molecule has 25 heavy (non-hydrogen) atoms. The molecule has 0 radical (unpaired) electrons. The normalized spacial score (nSPS) is 25.2. The summed E-state index contributed by atoms with van der Waals surface area (Å²) in [6.45, 7) is 2.34. The van der Waals surface area contributed by atoms with Gasteiger partial charge in [-0.2, -0.15) is 0 Å². The standard InChI is InChI=1S/C20H27N3OS/c1-22(17-11-5-6-12-18(17)23-13-7-8-14-23)20(24)19(21-15-25)16-9-3-2-4-10-16/h2-4,9-10,17-19H,5-8,11-14H2,1H3/t17-,18-,19?/m0/s1. The minimum absolute atomic E-state index is 0.0275. The lowest BCUT2D eigenvalue weighted by Crippen LogP contribution is -2.53. The molecule has 1 aromatic rings. The van der Waals surface area contributed by atoms with Gasteiger partial charge in [-0.05, 0) is 56.6 Å². The summed E-state index contributed by atoms with van der Waals surface area (Å²) in [7, 11) is 1.94. The molecule has 1 heterocycles. The number of thiocarbonyl (C=S) groups is 1. The SMILES string of the molecule is CN(C(=O)C(N=C=S)c1ccccc1)[C@H]1CCCC[C@@H]1N1CCCC1. The van der Waals surface area contributed by atoms with Crippen molar-refractivity contribution in [2.45, 2.75) is 56.7 Å². The lowest BCUT2D eigenvalue weighted by molar-refractivity contribution is -0.135. The molecular weight excluding hydrogens is 330 g/mol. The van der Waals surface area contributed by atoms with Crippen LogP contribution in [0.15, 0.2) is 35.3 Å². The average molecular weight is 358 g/mol. The molecule has 0 aromatic heterocycles. The van der Waals surface area contributed by atoms with Crippen molar-refractivity contribution in [3.8, 4) is 0 Å². The summed E-state index contributed by atoms with van der Waals surface area (Å²) < 4.78 is 0. The van der Waals surface area contributed by atoms with Gasteiger partial charge < -0.3 is 4.90 Å². The van der Waals surface area contributed by atoms with Gasteiger partial charge in [-0.3, -0.25) is 9.69 Å². The van der Waals surface area contributed by atoms with Gasteiger partial charge in [-0.1, -0.05) is 43.2 Å². The van der Waals surface area contributed by atoms with E-state index >= 15 is 0 Å². The van der Waals surface area contributed by atoms with Crippen LogP contribution in [0.5, 0.6) is 0 Å². The Morgan fingerprint density at radius 1 is 1.20 bits per heavy atom. The van der Waals surface area contributed by atoms with Crippen LogP contribution in [-0.4, -0.2) is 53.1 Å². The van der Waals surface area contributed by atoms with E-state index in [1.54, 1.807) is 0 Å². The Morgan fingerprint density at radius 3 is 2.56 bits per heavy atom. The summed E-state index contributed by atoms with van der Waals surface area (Å²) in [4.78, 5) is 21.9. The Bertz CT molecular complexity index is 623. The molecule has 1 aliphatic heterocycles. The van der Waals surface area contributed by atoms with Gasteiger partial charge in [0.15, 0.2) is 6.04 Å². The number of rotatable bonds is 5. The molecular formula is C20H27N3OS. The number of amides is 1. The Morgan fingerprint density at radius 2 is 1.88 bits per heavy atom. The first-order valence-electron chi connectivity index (χ1n) is 9.35. The van der Waals surface area contributed by atoms with E-state index in [1.807, 2.05) is 42.3 Å². The van der Waals surface area contributed by atoms with Crippen LogP contribution in [0.2, 0.25) is 0 Å². The number of hydrogen-bond acceptors (Lipinski definition) is 4. The summed E-state index contributed by atoms with van der Waals surface area (Å²) in [5.74, 6) is 0.0275. The second-order valence-electron chi connectivity index (χ2n) is 7.14. The van der Waals surface area contributed by atoms with Crippen LogP contribution in [0.25, 0.3) is 0 Å². The third-order valence-corrected chi connectivity index (χ3v) is 5.79. The van der Waals surface area contributed by atoms with Crippen LogP contribution in [0.3, 0.4) is 0 Å². The van der Waals surface area contributed by atoms with Gasteiger partial charge in [-0.25, -0.2) is 4.99 Å². The maximum Gasteiger partial charge on any atom is 0.252 e. The zero-order valence-electron chi connectivity index (χ0n) is 14.9. The van der Waals surface area contributed by atoms with Crippen molar-refractivity contribution in [2.75, 3.05) is 20.1 Å². The fourth-order valence-corrected chi connectivity index (χ4v) is 4.46. The lowest BCUT2D eigenvalue weighted by atomic mass is 9.87. The second kappa shape index (κ2) is 8.70. The first-order chi connectivity index (χ1) is 12.2. The number of carbonyl (C=O) groups is 1. The van der Waals surface area contributed by atoms with E-state index in [0.717, 1.165) is 12.0 Å². The van der Waals surface area contributed by atoms with E-state index in [2.05, 4.69) is 15.1 Å². The zero-order valence-corrected chi connectivity index (χ0v) is 15.8. The molecule has 1 amide bonds. The van der Waals surface area contributed by atoms with Crippen LogP contribution in [-0.2, 0) is 4.79 Å². The highest BCUT2D eigenvalue weighted by atomic mass is 32.1. The molecule has 1 aromatic carbocycles. The first-order valence-corrected chi connectivity index (χ1v) is 9.76. The van der Waals surface area contributed by atoms with Crippen LogP contribution in [0.4, 0.5) is 0 Å². The molecule has 3 atom stereocenters. The Hall–Kier alpha value is -1.55. The number of likely N-dealkylation sites (tertiary alicyclic amines) is 1. The van der Waals surface area contributed by atoms with Crippen LogP contribution in [0, 0.1) is 0 Å². The molecule has 2 fully saturated rings. The highest BCUT2D eigenvalue weighted by Crippen LogP contribution is 2.31. The second-order valence-corrected chi connectivity index (χ2v) is 7.33. The van der Waals surface area contributed by atoms with Gasteiger partial charge in [-0.15, -0.1) is 0 Å². The molecule has 1 saturated carbocycles. The Labute approximate surface area is 155 Å². The molecule has 1 saturated heterocycles. The third-order valence-electron chi connectivity index (χ3n) is 5.68. The van der Waals surface area contributed by atoms with Gasteiger partial charge in [0.25, 0.3) is 5.91 Å². The Kier molecular flexibility index (Phi) is 6.35. The average Bonchev–Trinajstić information content (AvgIpc) is 3.20. The highest BCUT2D eigenvalue weighted by Gasteiger charge is 2.37. The fourth-order valence-electron chi connectivity index (χ4n) is 4.36. The van der Waals surface area contributed by atoms with Crippen molar-refractivity contribution in [1.29, 1.82) is 0 Å². The van der Waals surface area contributed by atoms with E-state index < -0.39 is 6.04 Å². The van der Waals surface area contributed by atoms with E-state index in [-0.39, 0.29) is 11.9 Å². The summed E-state index contributed by atoms with van der Waals surface area (Å²) in [6.07, 6.45) is 7.28. The molecule has 0 spiro atoms. The molecule has 3 rings (SSSR count). The predicted octanol–water partition coefficient (Wildman–Crippen LogP) is 3.70. The van der Waals surface area contributed by atoms with Crippen molar-refractivity contribution in [1.82, 2.24) is 9.80 Å². The van der Waals surface area contributed by atoms with Crippen molar-refractivity contribution in [2.24, 2.45) is 4.99 Å². The molecule has 5 heteroatoms. The van der Waals surface area contributed by atoms with Crippen LogP contribution >= 0.6 is 12.2 Å². The van der Waals surface area contributed by atoms with E-state index in [4.69, 9.17) is 12.2 Å². The zero-order chi connectivity index (χ0) is 17.6. The number of isothiocyanates is 1. The molecule has 1 unspecified atom stereocenters. The molecule has 2 aliphatic rings. The smallest absolute Gasteiger partial charge is 0.252 e. The fraction of sp³-hybridized carbons (Fsp3) is 0.600. The van der Waals surface area contributed by atoms with Gasteiger partial charge >= 0.3 is 0 Å². The minimum Gasteiger partial charge on any atom is -0.339 e. The quantitative estimate of drug-likeness (QED) is 0.595. The largest absolute Gasteiger partial charge is 0.339 e. The highest BCUT2D eigenvalue weighted by molar-refractivity contribution is 7.78. The van der Waals surface area contributed by atoms with E-state index in [9.17, 15) is 4.79 Å². The summed E-state index contributed by atoms with van der Waals surface area (Å²) >= 11 is 4.81. The monoisotopic (exact) mass is 357 g/mol. The van der Waals surface area contributed by atoms with E-state index in [0.29, 0.717) is 6.04 Å². The van der Waals surface area contributed by atoms with Crippen molar-refractivity contribution in [3.05, 3.63) is 35.9 Å². The van der Waals surface area contributed by atoms with Crippen molar-refractivity contribution in [3.63, 3.8) is 0 Å². The summed E-state index contributed by atoms with van der Waals surface area (Å²) in [5, 5.41) is 2.42. The number of nitrogens with zero attached hydrogens (tertiary/aromatic N) is 3. The molecule has 1 aliphatic carbocycles. The third kappa shape index (κ3) is 4.17. The molecule has 0 N–H and O–H groups in total. The summed E-state index contributed by atoms with van der Waals surface area (Å²) in [6, 6.07) is 9.86. The number of benzene rings is 1. The van der Waals surface area contributed by atoms with Crippen LogP contribution in [0.1, 0.15) is 50.1 Å². The van der Waals surface area contributed by atoms with Crippen LogP contribution < -0.4 is 0 Å². The molecule has 134 valence electrons. The van der Waals surface area contributed by atoms with E-state index in [1.165, 1.54) is 45.2 Å². The maximum absolute atomic E-state index is 13.2. The van der Waals surface area contributed by atoms with Crippen molar-refractivity contribution >= 4 is 23.3 Å². The summed E-state index contributed by atoms with van der Waals surface area (Å²) in [5.41, 5.74) is 0.880. The van der Waals surface area contributed by atoms with Gasteiger partial charge in [0.2, 0.25) is 0 Å². The number of carbonyl (C=O) groups excluding carboxylic acids is 1. The molecule has 0 bridgehead atoms. The van der Waals surface area contributed by atoms with Gasteiger partial charge in [0, 0.05) is 19.1 Å².